The minimum atomic E-state index is -0.553. The van der Waals surface area contributed by atoms with Crippen LogP contribution in [-0.4, -0.2) is 46.8 Å². The molecule has 186 valence electrons. The summed E-state index contributed by atoms with van der Waals surface area (Å²) in [4.78, 5) is 33.8. The summed E-state index contributed by atoms with van der Waals surface area (Å²) >= 11 is 7.60. The van der Waals surface area contributed by atoms with Crippen LogP contribution < -0.4 is 9.54 Å². The van der Waals surface area contributed by atoms with E-state index in [1.165, 1.54) is 18.4 Å². The molecule has 1 aromatic heterocycles. The van der Waals surface area contributed by atoms with E-state index in [0.717, 1.165) is 17.7 Å². The van der Waals surface area contributed by atoms with Crippen LogP contribution in [0, 0.1) is 0 Å². The second kappa shape index (κ2) is 10.1. The number of likely N-dealkylation sites (tertiary alicyclic amines) is 1. The first-order valence-electron chi connectivity index (χ1n) is 11.4. The fourth-order valence-electron chi connectivity index (χ4n) is 3.75. The van der Waals surface area contributed by atoms with Gasteiger partial charge in [0.1, 0.15) is 11.4 Å². The van der Waals surface area contributed by atoms with Gasteiger partial charge in [-0.15, -0.1) is 11.3 Å². The fourth-order valence-corrected chi connectivity index (χ4v) is 4.98. The van der Waals surface area contributed by atoms with Gasteiger partial charge in [-0.1, -0.05) is 32.4 Å². The summed E-state index contributed by atoms with van der Waals surface area (Å²) in [6.45, 7) is 13.2. The second-order valence-electron chi connectivity index (χ2n) is 10.5. The fraction of sp³-hybridized carbons (Fsp3) is 0.560. The molecule has 0 saturated carbocycles. The van der Waals surface area contributed by atoms with E-state index in [2.05, 4.69) is 25.8 Å². The zero-order chi connectivity index (χ0) is 25.3. The number of ether oxygens (including phenoxy) is 2. The zero-order valence-corrected chi connectivity index (χ0v) is 22.5. The van der Waals surface area contributed by atoms with Gasteiger partial charge in [0.25, 0.3) is 5.91 Å². The van der Waals surface area contributed by atoms with Crippen molar-refractivity contribution in [2.45, 2.75) is 78.0 Å². The van der Waals surface area contributed by atoms with Crippen LogP contribution >= 0.6 is 22.9 Å². The molecule has 1 fully saturated rings. The maximum atomic E-state index is 13.1. The molecular weight excluding hydrogens is 474 g/mol. The lowest BCUT2D eigenvalue weighted by molar-refractivity contribution is 0.0213. The van der Waals surface area contributed by atoms with Crippen LogP contribution in [0.25, 0.3) is 0 Å². The monoisotopic (exact) mass is 507 g/mol. The lowest BCUT2D eigenvalue weighted by Gasteiger charge is -2.28. The second-order valence-corrected chi connectivity index (χ2v) is 12.0. The standard InChI is InChI=1S/C25H34ClN3O4S/c1-24(2,3)20-15-28(14-17-9-8-12-29(17)23(31)33-25(4,5)6)22(34-20)27-21(30)18-13-16(26)10-11-19(18)32-7/h10-11,13,15,17H,8-9,12,14H2,1-7H3/b27-22-. The van der Waals surface area contributed by atoms with Crippen molar-refractivity contribution in [1.29, 1.82) is 0 Å². The van der Waals surface area contributed by atoms with Crippen molar-refractivity contribution in [2.75, 3.05) is 13.7 Å². The predicted molar refractivity (Wildman–Crippen MR) is 135 cm³/mol. The highest BCUT2D eigenvalue weighted by molar-refractivity contribution is 7.09. The van der Waals surface area contributed by atoms with Crippen LogP contribution in [0.5, 0.6) is 5.75 Å². The normalized spacial score (nSPS) is 17.2. The summed E-state index contributed by atoms with van der Waals surface area (Å²) in [5.74, 6) is -0.00461. The van der Waals surface area contributed by atoms with E-state index < -0.39 is 11.5 Å². The smallest absolute Gasteiger partial charge is 0.410 e. The number of hydrogen-bond acceptors (Lipinski definition) is 5. The largest absolute Gasteiger partial charge is 0.496 e. The van der Waals surface area contributed by atoms with Crippen LogP contribution in [0.2, 0.25) is 5.02 Å². The molecule has 1 aliphatic rings. The molecule has 0 spiro atoms. The summed E-state index contributed by atoms with van der Waals surface area (Å²) in [5, 5.41) is 0.438. The highest BCUT2D eigenvalue weighted by atomic mass is 35.5. The van der Waals surface area contributed by atoms with Gasteiger partial charge in [0.05, 0.1) is 18.7 Å². The molecule has 1 aliphatic heterocycles. The van der Waals surface area contributed by atoms with Gasteiger partial charge in [-0.3, -0.25) is 4.79 Å². The Balaban J connectivity index is 1.97. The topological polar surface area (TPSA) is 73.1 Å². The first-order valence-corrected chi connectivity index (χ1v) is 12.6. The lowest BCUT2D eigenvalue weighted by Crippen LogP contribution is -2.42. The average molecular weight is 508 g/mol. The SMILES string of the molecule is COc1ccc(Cl)cc1C(=O)/N=c1\sc(C(C)(C)C)cn1CC1CCCN1C(=O)OC(C)(C)C. The van der Waals surface area contributed by atoms with Crippen molar-refractivity contribution < 1.29 is 19.1 Å². The van der Waals surface area contributed by atoms with Gasteiger partial charge in [-0.05, 0) is 57.2 Å². The van der Waals surface area contributed by atoms with Crippen molar-refractivity contribution in [3.8, 4) is 5.75 Å². The van der Waals surface area contributed by atoms with E-state index in [9.17, 15) is 9.59 Å². The summed E-state index contributed by atoms with van der Waals surface area (Å²) in [6.07, 6.45) is 3.51. The maximum absolute atomic E-state index is 13.1. The molecule has 0 bridgehead atoms. The van der Waals surface area contributed by atoms with Gasteiger partial charge in [0.15, 0.2) is 4.80 Å². The Labute approximate surface area is 210 Å². The molecule has 2 heterocycles. The number of methoxy groups -OCH3 is 1. The number of nitrogens with zero attached hydrogens (tertiary/aromatic N) is 3. The molecule has 1 aromatic carbocycles. The average Bonchev–Trinajstić information content (AvgIpc) is 3.34. The highest BCUT2D eigenvalue weighted by Crippen LogP contribution is 2.27. The number of carbonyl (C=O) groups excluding carboxylic acids is 2. The number of amides is 2. The van der Waals surface area contributed by atoms with Crippen LogP contribution in [0.3, 0.4) is 0 Å². The Morgan fingerprint density at radius 1 is 1.21 bits per heavy atom. The van der Waals surface area contributed by atoms with Gasteiger partial charge in [0, 0.05) is 29.2 Å². The third-order valence-electron chi connectivity index (χ3n) is 5.46. The van der Waals surface area contributed by atoms with E-state index in [0.29, 0.717) is 34.2 Å². The third kappa shape index (κ3) is 6.42. The number of carbonyl (C=O) groups is 2. The van der Waals surface area contributed by atoms with Crippen molar-refractivity contribution >= 4 is 34.9 Å². The van der Waals surface area contributed by atoms with Crippen molar-refractivity contribution in [2.24, 2.45) is 4.99 Å². The maximum Gasteiger partial charge on any atom is 0.410 e. The number of halogens is 1. The highest BCUT2D eigenvalue weighted by Gasteiger charge is 2.33. The summed E-state index contributed by atoms with van der Waals surface area (Å²) in [7, 11) is 1.51. The molecule has 34 heavy (non-hydrogen) atoms. The Kier molecular flexibility index (Phi) is 7.82. The molecule has 1 saturated heterocycles. The van der Waals surface area contributed by atoms with Crippen LogP contribution in [0.1, 0.15) is 69.6 Å². The van der Waals surface area contributed by atoms with Crippen molar-refractivity contribution in [3.05, 3.63) is 44.7 Å². The van der Waals surface area contributed by atoms with E-state index in [1.807, 2.05) is 31.5 Å². The van der Waals surface area contributed by atoms with Gasteiger partial charge >= 0.3 is 6.09 Å². The Morgan fingerprint density at radius 3 is 2.53 bits per heavy atom. The van der Waals surface area contributed by atoms with E-state index in [1.54, 1.807) is 23.1 Å². The molecule has 0 aliphatic carbocycles. The van der Waals surface area contributed by atoms with E-state index in [4.69, 9.17) is 21.1 Å². The molecule has 1 atom stereocenters. The number of thiazole rings is 1. The molecular formula is C25H34ClN3O4S. The first kappa shape index (κ1) is 26.3. The summed E-state index contributed by atoms with van der Waals surface area (Å²) < 4.78 is 12.9. The van der Waals surface area contributed by atoms with Gasteiger partial charge < -0.3 is 18.9 Å². The Hall–Kier alpha value is -2.32. The predicted octanol–water partition coefficient (Wildman–Crippen LogP) is 5.65. The number of hydrogen-bond donors (Lipinski definition) is 0. The lowest BCUT2D eigenvalue weighted by atomic mass is 9.95. The van der Waals surface area contributed by atoms with Gasteiger partial charge in [-0.2, -0.15) is 4.99 Å². The van der Waals surface area contributed by atoms with Crippen molar-refractivity contribution in [3.63, 3.8) is 0 Å². The Morgan fingerprint density at radius 2 is 1.91 bits per heavy atom. The number of aromatic nitrogens is 1. The minimum Gasteiger partial charge on any atom is -0.496 e. The van der Waals surface area contributed by atoms with Gasteiger partial charge in [-0.25, -0.2) is 4.79 Å². The van der Waals surface area contributed by atoms with Crippen LogP contribution in [-0.2, 0) is 16.7 Å². The molecule has 2 aromatic rings. The van der Waals surface area contributed by atoms with Crippen LogP contribution in [0.15, 0.2) is 29.4 Å². The molecule has 9 heteroatoms. The number of benzene rings is 1. The van der Waals surface area contributed by atoms with E-state index in [-0.39, 0.29) is 17.6 Å². The van der Waals surface area contributed by atoms with Gasteiger partial charge in [0.2, 0.25) is 0 Å². The van der Waals surface area contributed by atoms with Crippen LogP contribution in [0.4, 0.5) is 4.79 Å². The quantitative estimate of drug-likeness (QED) is 0.536. The Bertz CT molecular complexity index is 1120. The van der Waals surface area contributed by atoms with Crippen molar-refractivity contribution in [1.82, 2.24) is 9.47 Å². The molecule has 0 N–H and O–H groups in total. The number of rotatable bonds is 4. The molecule has 0 radical (unpaired) electrons. The summed E-state index contributed by atoms with van der Waals surface area (Å²) in [5.41, 5.74) is -0.358. The van der Waals surface area contributed by atoms with E-state index >= 15 is 0 Å². The molecule has 1 unspecified atom stereocenters. The molecule has 7 nitrogen and oxygen atoms in total. The molecule has 2 amide bonds. The molecule has 3 rings (SSSR count). The minimum absolute atomic E-state index is 0.0352. The zero-order valence-electron chi connectivity index (χ0n) is 21.0. The summed E-state index contributed by atoms with van der Waals surface area (Å²) in [6, 6.07) is 4.86. The third-order valence-corrected chi connectivity index (χ3v) is 7.14. The first-order chi connectivity index (χ1) is 15.8.